The quantitative estimate of drug-likeness (QED) is 0.822. The highest BCUT2D eigenvalue weighted by Crippen LogP contribution is 2.19. The molecule has 0 spiro atoms. The second-order valence-electron chi connectivity index (χ2n) is 6.33. The predicted octanol–water partition coefficient (Wildman–Crippen LogP) is 1.43. The monoisotopic (exact) mass is 349 g/mol. The Morgan fingerprint density at radius 3 is 2.58 bits per heavy atom. The van der Waals surface area contributed by atoms with Gasteiger partial charge in [-0.1, -0.05) is 0 Å². The summed E-state index contributed by atoms with van der Waals surface area (Å²) in [4.78, 5) is 2.57. The number of ether oxygens (including phenoxy) is 1. The molecule has 2 saturated heterocycles. The van der Waals surface area contributed by atoms with E-state index < -0.39 is 10.0 Å². The first-order valence-electron chi connectivity index (χ1n) is 8.44. The van der Waals surface area contributed by atoms with Crippen LogP contribution in [0.25, 0.3) is 0 Å². The Morgan fingerprint density at radius 2 is 1.92 bits per heavy atom. The van der Waals surface area contributed by atoms with E-state index in [1.165, 1.54) is 12.1 Å². The van der Waals surface area contributed by atoms with E-state index in [2.05, 4.69) is 4.90 Å². The molecule has 0 bridgehead atoms. The summed E-state index contributed by atoms with van der Waals surface area (Å²) in [5.41, 5.74) is 0.465. The van der Waals surface area contributed by atoms with Gasteiger partial charge in [-0.3, -0.25) is 4.90 Å². The van der Waals surface area contributed by atoms with Gasteiger partial charge >= 0.3 is 0 Å². The molecule has 1 aromatic rings. The largest absolute Gasteiger partial charge is 0.377 e. The minimum atomic E-state index is -3.50. The highest BCUT2D eigenvalue weighted by molar-refractivity contribution is 7.89. The third-order valence-corrected chi connectivity index (χ3v) is 6.57. The number of nitrogens with zero attached hydrogens (tertiary/aromatic N) is 3. The van der Waals surface area contributed by atoms with Crippen molar-refractivity contribution < 1.29 is 13.2 Å². The summed E-state index contributed by atoms with van der Waals surface area (Å²) in [6, 6.07) is 8.14. The van der Waals surface area contributed by atoms with Gasteiger partial charge in [0.15, 0.2) is 0 Å². The van der Waals surface area contributed by atoms with Crippen LogP contribution in [0.15, 0.2) is 29.2 Å². The maximum absolute atomic E-state index is 12.8. The van der Waals surface area contributed by atoms with Gasteiger partial charge < -0.3 is 4.74 Å². The molecule has 0 saturated carbocycles. The van der Waals surface area contributed by atoms with E-state index >= 15 is 0 Å². The van der Waals surface area contributed by atoms with Gasteiger partial charge in [-0.05, 0) is 50.1 Å². The Balaban J connectivity index is 1.64. The molecule has 0 aromatic heterocycles. The van der Waals surface area contributed by atoms with Crippen molar-refractivity contribution in [1.82, 2.24) is 9.21 Å². The van der Waals surface area contributed by atoms with Crippen LogP contribution in [-0.4, -0.2) is 63.1 Å². The molecule has 0 amide bonds. The van der Waals surface area contributed by atoms with Crippen molar-refractivity contribution >= 4 is 10.0 Å². The zero-order chi connectivity index (χ0) is 17.0. The van der Waals surface area contributed by atoms with E-state index in [0.717, 1.165) is 45.5 Å². The van der Waals surface area contributed by atoms with Gasteiger partial charge in [0.25, 0.3) is 0 Å². The number of hydrogen-bond acceptors (Lipinski definition) is 5. The average molecular weight is 349 g/mol. The molecule has 2 heterocycles. The van der Waals surface area contributed by atoms with Crippen molar-refractivity contribution in [3.8, 4) is 6.07 Å². The first-order chi connectivity index (χ1) is 11.6. The van der Waals surface area contributed by atoms with Crippen molar-refractivity contribution in [3.63, 3.8) is 0 Å². The van der Waals surface area contributed by atoms with Crippen LogP contribution in [-0.2, 0) is 14.8 Å². The average Bonchev–Trinajstić information content (AvgIpc) is 2.98. The smallest absolute Gasteiger partial charge is 0.243 e. The highest BCUT2D eigenvalue weighted by atomic mass is 32.2. The number of nitriles is 1. The first-order valence-corrected chi connectivity index (χ1v) is 9.88. The van der Waals surface area contributed by atoms with E-state index in [9.17, 15) is 8.42 Å². The molecule has 130 valence electrons. The van der Waals surface area contributed by atoms with Gasteiger partial charge in [0, 0.05) is 32.8 Å². The van der Waals surface area contributed by atoms with Crippen LogP contribution < -0.4 is 0 Å². The molecule has 6 nitrogen and oxygen atoms in total. The summed E-state index contributed by atoms with van der Waals surface area (Å²) < 4.78 is 32.8. The summed E-state index contributed by atoms with van der Waals surface area (Å²) >= 11 is 0. The molecular formula is C17H23N3O3S. The van der Waals surface area contributed by atoms with Crippen LogP contribution in [0.4, 0.5) is 0 Å². The molecule has 24 heavy (non-hydrogen) atoms. The third-order valence-electron chi connectivity index (χ3n) is 4.65. The highest BCUT2D eigenvalue weighted by Gasteiger charge is 2.28. The Labute approximate surface area is 143 Å². The second kappa shape index (κ2) is 7.62. The Morgan fingerprint density at radius 1 is 1.12 bits per heavy atom. The first kappa shape index (κ1) is 17.4. The minimum Gasteiger partial charge on any atom is -0.377 e. The van der Waals surface area contributed by atoms with Crippen molar-refractivity contribution in [2.24, 2.45) is 0 Å². The Kier molecular flexibility index (Phi) is 5.51. The zero-order valence-electron chi connectivity index (χ0n) is 13.7. The van der Waals surface area contributed by atoms with E-state index in [-0.39, 0.29) is 4.90 Å². The van der Waals surface area contributed by atoms with Gasteiger partial charge in [0.05, 0.1) is 22.6 Å². The molecule has 2 fully saturated rings. The van der Waals surface area contributed by atoms with Gasteiger partial charge in [-0.2, -0.15) is 9.57 Å². The SMILES string of the molecule is N#Cc1ccc(S(=O)(=O)N2CCCN(C[C@H]3CCCO3)CC2)cc1. The Bertz CT molecular complexity index is 691. The van der Waals surface area contributed by atoms with Crippen LogP contribution >= 0.6 is 0 Å². The summed E-state index contributed by atoms with van der Waals surface area (Å²) in [5, 5.41) is 8.84. The van der Waals surface area contributed by atoms with E-state index in [1.54, 1.807) is 16.4 Å². The van der Waals surface area contributed by atoms with Crippen molar-refractivity contribution in [1.29, 1.82) is 5.26 Å². The molecule has 2 aliphatic rings. The molecule has 3 rings (SSSR count). The van der Waals surface area contributed by atoms with Crippen molar-refractivity contribution in [2.75, 3.05) is 39.3 Å². The summed E-state index contributed by atoms with van der Waals surface area (Å²) in [6.07, 6.45) is 3.34. The van der Waals surface area contributed by atoms with E-state index in [0.29, 0.717) is 24.8 Å². The van der Waals surface area contributed by atoms with Crippen LogP contribution in [0.2, 0.25) is 0 Å². The van der Waals surface area contributed by atoms with Crippen LogP contribution in [0.1, 0.15) is 24.8 Å². The van der Waals surface area contributed by atoms with E-state index in [4.69, 9.17) is 10.00 Å². The molecule has 1 aromatic carbocycles. The van der Waals surface area contributed by atoms with Crippen molar-refractivity contribution in [3.05, 3.63) is 29.8 Å². The summed E-state index contributed by atoms with van der Waals surface area (Å²) in [5.74, 6) is 0. The third kappa shape index (κ3) is 3.95. The fraction of sp³-hybridized carbons (Fsp3) is 0.588. The Hall–Kier alpha value is -1.46. The molecule has 0 N–H and O–H groups in total. The standard InChI is InChI=1S/C17H23N3O3S/c18-13-15-4-6-17(7-5-15)24(21,22)20-9-2-8-19(10-11-20)14-16-3-1-12-23-16/h4-7,16H,1-3,8-12,14H2/t16-/m1/s1. The molecule has 0 radical (unpaired) electrons. The normalized spacial score (nSPS) is 23.7. The lowest BCUT2D eigenvalue weighted by molar-refractivity contribution is 0.0749. The lowest BCUT2D eigenvalue weighted by atomic mass is 10.2. The lowest BCUT2D eigenvalue weighted by Crippen LogP contribution is -2.37. The zero-order valence-corrected chi connectivity index (χ0v) is 14.5. The molecule has 2 aliphatic heterocycles. The fourth-order valence-electron chi connectivity index (χ4n) is 3.30. The van der Waals surface area contributed by atoms with E-state index in [1.807, 2.05) is 6.07 Å². The second-order valence-corrected chi connectivity index (χ2v) is 8.27. The summed E-state index contributed by atoms with van der Waals surface area (Å²) in [6.45, 7) is 4.40. The van der Waals surface area contributed by atoms with Gasteiger partial charge in [-0.25, -0.2) is 8.42 Å². The number of hydrogen-bond donors (Lipinski definition) is 0. The maximum atomic E-state index is 12.8. The molecule has 7 heteroatoms. The van der Waals surface area contributed by atoms with Gasteiger partial charge in [0.1, 0.15) is 0 Å². The van der Waals surface area contributed by atoms with Crippen LogP contribution in [0.5, 0.6) is 0 Å². The fourth-order valence-corrected chi connectivity index (χ4v) is 4.77. The number of sulfonamides is 1. The summed E-state index contributed by atoms with van der Waals surface area (Å²) in [7, 11) is -3.50. The molecule has 1 atom stereocenters. The van der Waals surface area contributed by atoms with Crippen LogP contribution in [0, 0.1) is 11.3 Å². The van der Waals surface area contributed by atoms with Crippen LogP contribution in [0.3, 0.4) is 0 Å². The lowest BCUT2D eigenvalue weighted by Gasteiger charge is -2.23. The van der Waals surface area contributed by atoms with Gasteiger partial charge in [0.2, 0.25) is 10.0 Å². The number of benzene rings is 1. The molecule has 0 unspecified atom stereocenters. The maximum Gasteiger partial charge on any atom is 0.243 e. The molecule has 0 aliphatic carbocycles. The topological polar surface area (TPSA) is 73.6 Å². The molecular weight excluding hydrogens is 326 g/mol. The number of rotatable bonds is 4. The van der Waals surface area contributed by atoms with Crippen molar-refractivity contribution in [2.45, 2.75) is 30.3 Å². The van der Waals surface area contributed by atoms with Gasteiger partial charge in [-0.15, -0.1) is 0 Å². The predicted molar refractivity (Wildman–Crippen MR) is 89.9 cm³/mol. The minimum absolute atomic E-state index is 0.258.